The van der Waals surface area contributed by atoms with Gasteiger partial charge in [-0.1, -0.05) is 12.4 Å². The van der Waals surface area contributed by atoms with Gasteiger partial charge in [0.25, 0.3) is 0 Å². The molecular formula is C4H5BO2. The second-order valence-corrected chi connectivity index (χ2v) is 0.976. The largest absolute Gasteiger partial charge is 0.478 e. The van der Waals surface area contributed by atoms with Crippen LogP contribution in [0.5, 0.6) is 0 Å². The van der Waals surface area contributed by atoms with Crippen LogP contribution in [0.25, 0.3) is 0 Å². The molecule has 2 nitrogen and oxygen atoms in total. The zero-order valence-corrected chi connectivity index (χ0v) is 3.79. The van der Waals surface area contributed by atoms with E-state index in [9.17, 15) is 4.79 Å². The number of allylic oxidation sites excluding steroid dienone is 1. The van der Waals surface area contributed by atoms with Crippen molar-refractivity contribution < 1.29 is 9.90 Å². The van der Waals surface area contributed by atoms with Gasteiger partial charge in [0.15, 0.2) is 0 Å². The van der Waals surface area contributed by atoms with Crippen LogP contribution in [0.2, 0.25) is 6.32 Å². The summed E-state index contributed by atoms with van der Waals surface area (Å²) in [5.41, 5.74) is 0. The summed E-state index contributed by atoms with van der Waals surface area (Å²) >= 11 is 0. The van der Waals surface area contributed by atoms with Crippen molar-refractivity contribution in [2.24, 2.45) is 0 Å². The van der Waals surface area contributed by atoms with Crippen molar-refractivity contribution in [3.63, 3.8) is 0 Å². The Bertz CT molecular complexity index is 87.7. The van der Waals surface area contributed by atoms with E-state index in [-0.39, 0.29) is 6.32 Å². The third-order valence-electron chi connectivity index (χ3n) is 0.397. The zero-order chi connectivity index (χ0) is 5.70. The molecule has 3 heteroatoms. The lowest BCUT2D eigenvalue weighted by Gasteiger charge is -1.73. The number of hydrogen-bond acceptors (Lipinski definition) is 1. The molecular weight excluding hydrogens is 90.9 g/mol. The van der Waals surface area contributed by atoms with Gasteiger partial charge in [-0.25, -0.2) is 4.79 Å². The fourth-order valence-corrected chi connectivity index (χ4v) is 0.169. The fourth-order valence-electron chi connectivity index (χ4n) is 0.169. The molecule has 7 heavy (non-hydrogen) atoms. The molecule has 0 atom stereocenters. The number of carboxylic acids is 1. The van der Waals surface area contributed by atoms with Crippen molar-refractivity contribution in [3.05, 3.63) is 12.2 Å². The minimum absolute atomic E-state index is 0.284. The van der Waals surface area contributed by atoms with Crippen LogP contribution < -0.4 is 0 Å². The lowest BCUT2D eigenvalue weighted by atomic mass is 10.1. The first-order chi connectivity index (χ1) is 3.27. The number of hydrogen-bond donors (Lipinski definition) is 1. The van der Waals surface area contributed by atoms with E-state index in [0.29, 0.717) is 0 Å². The van der Waals surface area contributed by atoms with Crippen LogP contribution in [0.1, 0.15) is 0 Å². The minimum Gasteiger partial charge on any atom is -0.478 e. The maximum Gasteiger partial charge on any atom is 0.327 e. The Labute approximate surface area is 43.3 Å². The van der Waals surface area contributed by atoms with Crippen LogP contribution in [0.4, 0.5) is 0 Å². The van der Waals surface area contributed by atoms with Gasteiger partial charge in [-0.15, -0.1) is 0 Å². The number of aliphatic carboxylic acids is 1. The van der Waals surface area contributed by atoms with E-state index in [2.05, 4.69) is 0 Å². The molecule has 0 heterocycles. The second kappa shape index (κ2) is 3.46. The molecule has 0 rings (SSSR count). The summed E-state index contributed by atoms with van der Waals surface area (Å²) in [5.74, 6) is -0.953. The van der Waals surface area contributed by atoms with E-state index in [1.54, 1.807) is 0 Å². The van der Waals surface area contributed by atoms with Crippen LogP contribution >= 0.6 is 0 Å². The summed E-state index contributed by atoms with van der Waals surface area (Å²) in [4.78, 5) is 9.62. The monoisotopic (exact) mass is 96.0 g/mol. The molecule has 1 N–H and O–H groups in total. The van der Waals surface area contributed by atoms with Crippen molar-refractivity contribution in [2.75, 3.05) is 0 Å². The maximum atomic E-state index is 9.62. The van der Waals surface area contributed by atoms with Crippen LogP contribution in [-0.4, -0.2) is 18.9 Å². The molecule has 0 amide bonds. The molecule has 0 unspecified atom stereocenters. The lowest BCUT2D eigenvalue weighted by molar-refractivity contribution is -0.131. The first-order valence-corrected chi connectivity index (χ1v) is 1.87. The quantitative estimate of drug-likeness (QED) is 0.394. The standard InChI is InChI=1S/C4H5BO2/c5-3-1-2-4(6)7/h1-2H,3H2,(H,6,7)/b2-1+. The first-order valence-electron chi connectivity index (χ1n) is 1.87. The highest BCUT2D eigenvalue weighted by atomic mass is 16.4. The van der Waals surface area contributed by atoms with Crippen molar-refractivity contribution >= 4 is 13.8 Å². The fraction of sp³-hybridized carbons (Fsp3) is 0.250. The Balaban J connectivity index is 3.26. The van der Waals surface area contributed by atoms with Gasteiger partial charge in [0.2, 0.25) is 0 Å². The number of carboxylic acid groups (broad SMARTS) is 1. The highest BCUT2D eigenvalue weighted by Gasteiger charge is 1.79. The van der Waals surface area contributed by atoms with E-state index in [0.717, 1.165) is 6.08 Å². The van der Waals surface area contributed by atoms with Gasteiger partial charge in [-0.2, -0.15) is 0 Å². The Kier molecular flexibility index (Phi) is 3.11. The van der Waals surface area contributed by atoms with E-state index >= 15 is 0 Å². The van der Waals surface area contributed by atoms with E-state index < -0.39 is 5.97 Å². The van der Waals surface area contributed by atoms with Gasteiger partial charge in [-0.3, -0.25) is 0 Å². The van der Waals surface area contributed by atoms with Crippen molar-refractivity contribution in [1.29, 1.82) is 0 Å². The molecule has 2 radical (unpaired) electrons. The predicted octanol–water partition coefficient (Wildman–Crippen LogP) is 0.214. The van der Waals surface area contributed by atoms with Crippen LogP contribution in [-0.2, 0) is 4.79 Å². The molecule has 0 spiro atoms. The Morgan fingerprint density at radius 3 is 2.57 bits per heavy atom. The van der Waals surface area contributed by atoms with Crippen LogP contribution in [0.15, 0.2) is 12.2 Å². The van der Waals surface area contributed by atoms with Crippen molar-refractivity contribution in [2.45, 2.75) is 6.32 Å². The molecule has 0 aliphatic heterocycles. The van der Waals surface area contributed by atoms with Gasteiger partial charge < -0.3 is 5.11 Å². The Morgan fingerprint density at radius 1 is 1.86 bits per heavy atom. The highest BCUT2D eigenvalue weighted by Crippen LogP contribution is 1.74. The molecule has 36 valence electrons. The van der Waals surface area contributed by atoms with Crippen molar-refractivity contribution in [3.8, 4) is 0 Å². The molecule has 0 aromatic heterocycles. The molecule has 0 saturated heterocycles. The molecule has 0 fully saturated rings. The summed E-state index contributed by atoms with van der Waals surface area (Å²) in [6, 6.07) is 0. The number of carbonyl (C=O) groups is 1. The summed E-state index contributed by atoms with van der Waals surface area (Å²) in [6.45, 7) is 0. The van der Waals surface area contributed by atoms with E-state index in [1.165, 1.54) is 6.08 Å². The molecule has 0 bridgehead atoms. The number of rotatable bonds is 2. The van der Waals surface area contributed by atoms with E-state index in [1.807, 2.05) is 0 Å². The van der Waals surface area contributed by atoms with Gasteiger partial charge in [0, 0.05) is 6.08 Å². The highest BCUT2D eigenvalue weighted by molar-refractivity contribution is 6.09. The second-order valence-electron chi connectivity index (χ2n) is 0.976. The van der Waals surface area contributed by atoms with Crippen LogP contribution in [0, 0.1) is 0 Å². The van der Waals surface area contributed by atoms with Gasteiger partial charge in [0.1, 0.15) is 0 Å². The van der Waals surface area contributed by atoms with Crippen LogP contribution in [0.3, 0.4) is 0 Å². The van der Waals surface area contributed by atoms with E-state index in [4.69, 9.17) is 13.0 Å². The van der Waals surface area contributed by atoms with Gasteiger partial charge >= 0.3 is 5.97 Å². The average molecular weight is 95.9 g/mol. The zero-order valence-electron chi connectivity index (χ0n) is 3.79. The lowest BCUT2D eigenvalue weighted by Crippen LogP contribution is -1.84. The summed E-state index contributed by atoms with van der Waals surface area (Å²) < 4.78 is 0. The Morgan fingerprint density at radius 2 is 2.43 bits per heavy atom. The summed E-state index contributed by atoms with van der Waals surface area (Å²) in [7, 11) is 4.93. The molecule has 0 aromatic carbocycles. The van der Waals surface area contributed by atoms with Gasteiger partial charge in [0.05, 0.1) is 7.85 Å². The summed E-state index contributed by atoms with van der Waals surface area (Å²) in [6.07, 6.45) is 2.68. The average Bonchev–Trinajstić information content (AvgIpc) is 1.61. The Hall–Kier alpha value is -0.725. The maximum absolute atomic E-state index is 9.62. The third-order valence-corrected chi connectivity index (χ3v) is 0.397. The SMILES string of the molecule is [B]C/C=C/C(=O)O. The first kappa shape index (κ1) is 6.27. The van der Waals surface area contributed by atoms with Crippen molar-refractivity contribution in [1.82, 2.24) is 0 Å². The molecule has 0 saturated carbocycles. The molecule has 0 aliphatic rings. The molecule has 0 aliphatic carbocycles. The predicted molar refractivity (Wildman–Crippen MR) is 27.3 cm³/mol. The topological polar surface area (TPSA) is 37.3 Å². The minimum atomic E-state index is -0.953. The van der Waals surface area contributed by atoms with Gasteiger partial charge in [-0.05, 0) is 0 Å². The molecule has 0 aromatic rings. The third kappa shape index (κ3) is 5.27. The normalized spacial score (nSPS) is 9.71. The summed E-state index contributed by atoms with van der Waals surface area (Å²) in [5, 5.41) is 7.90. The smallest absolute Gasteiger partial charge is 0.327 e.